The zero-order chi connectivity index (χ0) is 24.1. The molecule has 9 nitrogen and oxygen atoms in total. The summed E-state index contributed by atoms with van der Waals surface area (Å²) in [5.74, 6) is 1.96. The number of fused-ring (bicyclic) bond motifs is 1. The fraction of sp³-hybridized carbons (Fsp3) is 0.600. The second kappa shape index (κ2) is 9.24. The number of pyridine rings is 1. The van der Waals surface area contributed by atoms with Crippen LogP contribution in [0.2, 0.25) is 0 Å². The zero-order valence-corrected chi connectivity index (χ0v) is 20.6. The number of aliphatic hydroxyl groups excluding tert-OH is 3. The second-order valence-electron chi connectivity index (χ2n) is 10.3. The number of anilines is 2. The fourth-order valence-corrected chi connectivity index (χ4v) is 6.31. The summed E-state index contributed by atoms with van der Waals surface area (Å²) < 4.78 is 1.08. The van der Waals surface area contributed by atoms with Gasteiger partial charge in [0, 0.05) is 31.2 Å². The van der Waals surface area contributed by atoms with Crippen LogP contribution in [0.25, 0.3) is 20.8 Å². The third-order valence-electron chi connectivity index (χ3n) is 7.73. The number of nitrogens with zero attached hydrogens (tertiary/aromatic N) is 4. The summed E-state index contributed by atoms with van der Waals surface area (Å²) >= 11 is 1.59. The summed E-state index contributed by atoms with van der Waals surface area (Å²) in [7, 11) is 0. The van der Waals surface area contributed by atoms with Crippen LogP contribution in [0.15, 0.2) is 12.3 Å². The van der Waals surface area contributed by atoms with Gasteiger partial charge in [0.25, 0.3) is 0 Å². The van der Waals surface area contributed by atoms with Crippen molar-refractivity contribution in [2.24, 2.45) is 11.8 Å². The molecule has 6 rings (SSSR count). The minimum Gasteiger partial charge on any atom is -0.396 e. The molecule has 10 heteroatoms. The lowest BCUT2D eigenvalue weighted by Gasteiger charge is -2.26. The lowest BCUT2D eigenvalue weighted by molar-refractivity contribution is 0.0390. The molecule has 35 heavy (non-hydrogen) atoms. The maximum Gasteiger partial charge on any atom is 0.224 e. The van der Waals surface area contributed by atoms with Crippen molar-refractivity contribution < 1.29 is 15.3 Å². The Bertz CT molecular complexity index is 1230. The number of hydrogen-bond acceptors (Lipinski definition) is 10. The van der Waals surface area contributed by atoms with E-state index in [1.54, 1.807) is 11.3 Å². The van der Waals surface area contributed by atoms with E-state index in [1.165, 1.54) is 19.3 Å². The SMILES string of the molecule is Cc1nc(NCC2CCC2)nc(N[C@@H]2[C@H](CO)C[C@@H](O)[C@H]2O)c1-c1nc2c(C3CC3)nccc2s1. The average molecular weight is 497 g/mol. The Balaban J connectivity index is 1.40. The highest BCUT2D eigenvalue weighted by atomic mass is 32.1. The van der Waals surface area contributed by atoms with Gasteiger partial charge in [-0.3, -0.25) is 4.98 Å². The van der Waals surface area contributed by atoms with E-state index < -0.39 is 18.2 Å². The molecule has 0 bridgehead atoms. The van der Waals surface area contributed by atoms with Gasteiger partial charge in [-0.25, -0.2) is 9.97 Å². The van der Waals surface area contributed by atoms with E-state index in [0.717, 1.165) is 51.6 Å². The summed E-state index contributed by atoms with van der Waals surface area (Å²) in [6.07, 6.45) is 6.34. The number of aliphatic hydroxyl groups is 3. The molecule has 5 N–H and O–H groups in total. The van der Waals surface area contributed by atoms with Crippen molar-refractivity contribution in [3.8, 4) is 10.6 Å². The van der Waals surface area contributed by atoms with Gasteiger partial charge in [-0.1, -0.05) is 6.42 Å². The smallest absolute Gasteiger partial charge is 0.224 e. The van der Waals surface area contributed by atoms with Crippen LogP contribution in [-0.2, 0) is 0 Å². The highest BCUT2D eigenvalue weighted by Crippen LogP contribution is 2.44. The number of thiazole rings is 1. The average Bonchev–Trinajstić information content (AvgIpc) is 3.51. The van der Waals surface area contributed by atoms with Gasteiger partial charge in [0.1, 0.15) is 22.4 Å². The molecule has 0 unspecified atom stereocenters. The number of nitrogens with one attached hydrogen (secondary N) is 2. The predicted molar refractivity (Wildman–Crippen MR) is 136 cm³/mol. The first-order valence-electron chi connectivity index (χ1n) is 12.6. The van der Waals surface area contributed by atoms with Crippen molar-refractivity contribution in [2.45, 2.75) is 69.6 Å². The summed E-state index contributed by atoms with van der Waals surface area (Å²) in [6, 6.07) is 1.47. The zero-order valence-electron chi connectivity index (χ0n) is 19.8. The van der Waals surface area contributed by atoms with Crippen LogP contribution < -0.4 is 10.6 Å². The number of aromatic nitrogens is 4. The van der Waals surface area contributed by atoms with Gasteiger partial charge in [0.05, 0.1) is 33.8 Å². The van der Waals surface area contributed by atoms with Crippen molar-refractivity contribution in [1.29, 1.82) is 0 Å². The molecule has 4 atom stereocenters. The van der Waals surface area contributed by atoms with Gasteiger partial charge in [0.15, 0.2) is 0 Å². The van der Waals surface area contributed by atoms with Crippen LogP contribution in [0.5, 0.6) is 0 Å². The number of rotatable bonds is 8. The van der Waals surface area contributed by atoms with Crippen molar-refractivity contribution in [2.75, 3.05) is 23.8 Å². The maximum atomic E-state index is 10.7. The van der Waals surface area contributed by atoms with E-state index in [2.05, 4.69) is 15.6 Å². The molecular formula is C25H32N6O3S. The first kappa shape index (κ1) is 23.0. The Labute approximate surface area is 208 Å². The first-order valence-corrected chi connectivity index (χ1v) is 13.4. The van der Waals surface area contributed by atoms with Crippen molar-refractivity contribution in [1.82, 2.24) is 19.9 Å². The van der Waals surface area contributed by atoms with E-state index in [-0.39, 0.29) is 12.5 Å². The molecule has 3 aliphatic carbocycles. The van der Waals surface area contributed by atoms with Gasteiger partial charge in [-0.2, -0.15) is 4.98 Å². The molecule has 0 amide bonds. The molecule has 3 aliphatic rings. The molecule has 0 spiro atoms. The van der Waals surface area contributed by atoms with Crippen LogP contribution in [0, 0.1) is 18.8 Å². The second-order valence-corrected chi connectivity index (χ2v) is 11.3. The van der Waals surface area contributed by atoms with E-state index in [4.69, 9.17) is 15.0 Å². The van der Waals surface area contributed by atoms with Crippen LogP contribution in [0.1, 0.15) is 55.8 Å². The van der Waals surface area contributed by atoms with E-state index in [0.29, 0.717) is 30.0 Å². The fourth-order valence-electron chi connectivity index (χ4n) is 5.25. The lowest BCUT2D eigenvalue weighted by Crippen LogP contribution is -2.38. The molecule has 3 aromatic heterocycles. The Morgan fingerprint density at radius 3 is 2.66 bits per heavy atom. The summed E-state index contributed by atoms with van der Waals surface area (Å²) in [5.41, 5.74) is 3.57. The Morgan fingerprint density at radius 2 is 1.94 bits per heavy atom. The van der Waals surface area contributed by atoms with Crippen molar-refractivity contribution in [3.63, 3.8) is 0 Å². The molecule has 0 aliphatic heterocycles. The summed E-state index contributed by atoms with van der Waals surface area (Å²) in [6.45, 7) is 2.65. The largest absolute Gasteiger partial charge is 0.396 e. The molecule has 3 heterocycles. The molecule has 0 radical (unpaired) electrons. The van der Waals surface area contributed by atoms with Gasteiger partial charge in [0.2, 0.25) is 5.95 Å². The molecule has 3 fully saturated rings. The van der Waals surface area contributed by atoms with E-state index >= 15 is 0 Å². The topological polar surface area (TPSA) is 136 Å². The van der Waals surface area contributed by atoms with Crippen LogP contribution in [-0.4, -0.2) is 66.7 Å². The summed E-state index contributed by atoms with van der Waals surface area (Å²) in [5, 5.41) is 38.3. The molecule has 186 valence electrons. The Kier molecular flexibility index (Phi) is 6.08. The molecule has 0 aromatic carbocycles. The van der Waals surface area contributed by atoms with Gasteiger partial charge < -0.3 is 26.0 Å². The molecule has 3 aromatic rings. The van der Waals surface area contributed by atoms with Gasteiger partial charge in [-0.05, 0) is 51.0 Å². The third kappa shape index (κ3) is 4.37. The van der Waals surface area contributed by atoms with E-state index in [1.807, 2.05) is 19.2 Å². The Morgan fingerprint density at radius 1 is 1.11 bits per heavy atom. The number of aryl methyl sites for hydroxylation is 1. The monoisotopic (exact) mass is 496 g/mol. The standard InChI is InChI=1S/C25H32N6O3S/c1-12-18(24-30-21-17(35-24)7-8-26-19(21)14-5-6-14)23(29-20-15(11-32)9-16(33)22(20)34)31-25(28-12)27-10-13-3-2-4-13/h7-8,13-16,20,22,32-34H,2-6,9-11H2,1H3,(H2,27,28,29,31)/t15-,16+,20+,22+/m0/s1. The first-order chi connectivity index (χ1) is 17.0. The predicted octanol–water partition coefficient (Wildman–Crippen LogP) is 3.06. The third-order valence-corrected chi connectivity index (χ3v) is 8.77. The minimum absolute atomic E-state index is 0.129. The van der Waals surface area contributed by atoms with Crippen LogP contribution >= 0.6 is 11.3 Å². The van der Waals surface area contributed by atoms with Gasteiger partial charge in [-0.15, -0.1) is 11.3 Å². The maximum absolute atomic E-state index is 10.7. The summed E-state index contributed by atoms with van der Waals surface area (Å²) in [4.78, 5) is 19.2. The highest BCUT2D eigenvalue weighted by Gasteiger charge is 2.42. The van der Waals surface area contributed by atoms with Crippen molar-refractivity contribution in [3.05, 3.63) is 23.7 Å². The molecular weight excluding hydrogens is 464 g/mol. The lowest BCUT2D eigenvalue weighted by atomic mass is 9.85. The van der Waals surface area contributed by atoms with Crippen molar-refractivity contribution >= 4 is 33.3 Å². The van der Waals surface area contributed by atoms with Crippen LogP contribution in [0.3, 0.4) is 0 Å². The van der Waals surface area contributed by atoms with E-state index in [9.17, 15) is 15.3 Å². The normalized spacial score (nSPS) is 26.7. The minimum atomic E-state index is -0.998. The van der Waals surface area contributed by atoms with Crippen LogP contribution in [0.4, 0.5) is 11.8 Å². The molecule has 3 saturated carbocycles. The number of hydrogen-bond donors (Lipinski definition) is 5. The molecule has 0 saturated heterocycles. The van der Waals surface area contributed by atoms with Gasteiger partial charge >= 0.3 is 0 Å². The highest BCUT2D eigenvalue weighted by molar-refractivity contribution is 7.21. The Hall–Kier alpha value is -2.40. The quantitative estimate of drug-likeness (QED) is 0.319.